The molecular formula is C29H50N2S. The highest BCUT2D eigenvalue weighted by Crippen LogP contribution is 2.61. The quantitative estimate of drug-likeness (QED) is 0.413. The second kappa shape index (κ2) is 13.4. The maximum atomic E-state index is 3.86. The zero-order valence-corrected chi connectivity index (χ0v) is 19.2. The Morgan fingerprint density at radius 1 is 0.844 bits per heavy atom. The van der Waals surface area contributed by atoms with E-state index in [4.69, 9.17) is 0 Å². The summed E-state index contributed by atoms with van der Waals surface area (Å²) in [5.74, 6) is 3.06. The molecule has 1 unspecified atom stereocenters. The van der Waals surface area contributed by atoms with E-state index in [0.717, 1.165) is 37.4 Å². The Morgan fingerprint density at radius 2 is 1.38 bits per heavy atom. The Morgan fingerprint density at radius 3 is 1.84 bits per heavy atom. The molecule has 2 nitrogen and oxygen atoms in total. The number of hydrogen-bond acceptors (Lipinski definition) is 2. The van der Waals surface area contributed by atoms with Crippen LogP contribution in [0.1, 0.15) is 72.9 Å². The van der Waals surface area contributed by atoms with Gasteiger partial charge >= 0.3 is 0 Å². The van der Waals surface area contributed by atoms with Gasteiger partial charge in [-0.15, -0.1) is 0 Å². The van der Waals surface area contributed by atoms with Crippen molar-refractivity contribution >= 4 is 13.5 Å². The molecule has 0 amide bonds. The molecule has 2 aromatic carbocycles. The standard InChI is InChI=1S/C26H36N2.3CH4.H2S/c1-19-24-16-22(26(24,2)3)17-25(19)28-15-14-27-18-23(20-10-6-4-7-11-20)21-12-8-5-9-13-21;;;;/h4-13,19,22-25,27-28H,14-18H2,1-3H3;3*1H4;1H2/t19-,22+,24?,25-;;;;/m1..../s1. The number of nitrogens with one attached hydrogen (secondary N) is 2. The molecule has 0 radical (unpaired) electrons. The van der Waals surface area contributed by atoms with Gasteiger partial charge in [0.25, 0.3) is 0 Å². The molecule has 0 aromatic heterocycles. The van der Waals surface area contributed by atoms with Crippen molar-refractivity contribution in [2.24, 2.45) is 23.2 Å². The summed E-state index contributed by atoms with van der Waals surface area (Å²) in [6, 6.07) is 22.5. The average Bonchev–Trinajstić information content (AvgIpc) is 2.72. The molecule has 0 spiro atoms. The average molecular weight is 459 g/mol. The van der Waals surface area contributed by atoms with E-state index in [1.54, 1.807) is 0 Å². The second-order valence-corrected chi connectivity index (χ2v) is 9.59. The van der Waals surface area contributed by atoms with Gasteiger partial charge in [0, 0.05) is 31.6 Å². The first-order valence-electron chi connectivity index (χ1n) is 11.1. The number of rotatable bonds is 8. The fourth-order valence-electron chi connectivity index (χ4n) is 5.81. The van der Waals surface area contributed by atoms with Crippen LogP contribution >= 0.6 is 13.5 Å². The Kier molecular flexibility index (Phi) is 12.9. The lowest BCUT2D eigenvalue weighted by atomic mass is 9.45. The number of fused-ring (bicyclic) bond motifs is 2. The highest BCUT2D eigenvalue weighted by Gasteiger charge is 2.55. The summed E-state index contributed by atoms with van der Waals surface area (Å²) in [5.41, 5.74) is 3.35. The molecule has 2 N–H and O–H groups in total. The molecule has 5 rings (SSSR count). The minimum atomic E-state index is 0. The van der Waals surface area contributed by atoms with Gasteiger partial charge in [0.1, 0.15) is 0 Å². The van der Waals surface area contributed by atoms with Crippen LogP contribution in [0.4, 0.5) is 0 Å². The van der Waals surface area contributed by atoms with Gasteiger partial charge in [0.05, 0.1) is 0 Å². The molecule has 2 bridgehead atoms. The molecule has 4 atom stereocenters. The van der Waals surface area contributed by atoms with Crippen LogP contribution in [0, 0.1) is 23.2 Å². The molecule has 182 valence electrons. The summed E-state index contributed by atoms with van der Waals surface area (Å²) < 4.78 is 0. The minimum Gasteiger partial charge on any atom is -0.315 e. The summed E-state index contributed by atoms with van der Waals surface area (Å²) in [4.78, 5) is 0. The smallest absolute Gasteiger partial charge is 0.0214 e. The number of hydrogen-bond donors (Lipinski definition) is 2. The van der Waals surface area contributed by atoms with Crippen LogP contribution < -0.4 is 10.6 Å². The highest BCUT2D eigenvalue weighted by molar-refractivity contribution is 7.59. The first-order valence-corrected chi connectivity index (χ1v) is 11.1. The van der Waals surface area contributed by atoms with Gasteiger partial charge in [-0.05, 0) is 47.1 Å². The zero-order valence-electron chi connectivity index (χ0n) is 18.2. The van der Waals surface area contributed by atoms with E-state index in [-0.39, 0.29) is 35.8 Å². The van der Waals surface area contributed by atoms with Crippen molar-refractivity contribution in [3.05, 3.63) is 71.8 Å². The Labute approximate surface area is 206 Å². The zero-order chi connectivity index (χ0) is 19.6. The van der Waals surface area contributed by atoms with Gasteiger partial charge in [0.15, 0.2) is 0 Å². The molecule has 3 fully saturated rings. The summed E-state index contributed by atoms with van der Waals surface area (Å²) in [7, 11) is 0. The molecular weight excluding hydrogens is 408 g/mol. The third kappa shape index (κ3) is 6.40. The van der Waals surface area contributed by atoms with Crippen LogP contribution in [0.25, 0.3) is 0 Å². The maximum absolute atomic E-state index is 3.86. The van der Waals surface area contributed by atoms with Gasteiger partial charge in [-0.3, -0.25) is 0 Å². The summed E-state index contributed by atoms with van der Waals surface area (Å²) >= 11 is 0. The topological polar surface area (TPSA) is 24.1 Å². The summed E-state index contributed by atoms with van der Waals surface area (Å²) in [6.45, 7) is 10.5. The molecule has 0 saturated heterocycles. The fourth-order valence-corrected chi connectivity index (χ4v) is 5.81. The predicted octanol–water partition coefficient (Wildman–Crippen LogP) is 7.09. The monoisotopic (exact) mass is 458 g/mol. The largest absolute Gasteiger partial charge is 0.315 e. The normalized spacial score (nSPS) is 24.6. The third-order valence-corrected chi connectivity index (χ3v) is 7.81. The van der Waals surface area contributed by atoms with Crippen molar-refractivity contribution in [3.63, 3.8) is 0 Å². The Hall–Kier alpha value is -1.29. The van der Waals surface area contributed by atoms with Crippen molar-refractivity contribution in [3.8, 4) is 0 Å². The van der Waals surface area contributed by atoms with Gasteiger partial charge in [-0.2, -0.15) is 13.5 Å². The lowest BCUT2D eigenvalue weighted by molar-refractivity contribution is -0.114. The highest BCUT2D eigenvalue weighted by atomic mass is 32.1. The van der Waals surface area contributed by atoms with Gasteiger partial charge < -0.3 is 10.6 Å². The van der Waals surface area contributed by atoms with Crippen LogP contribution in [0.15, 0.2) is 60.7 Å². The lowest BCUT2D eigenvalue weighted by Gasteiger charge is -2.62. The van der Waals surface area contributed by atoms with E-state index in [1.165, 1.54) is 24.0 Å². The Bertz CT molecular complexity index is 707. The van der Waals surface area contributed by atoms with Crippen LogP contribution in [0.3, 0.4) is 0 Å². The van der Waals surface area contributed by atoms with Crippen molar-refractivity contribution in [1.82, 2.24) is 10.6 Å². The molecule has 3 saturated carbocycles. The number of benzene rings is 2. The van der Waals surface area contributed by atoms with Crippen molar-refractivity contribution in [2.75, 3.05) is 19.6 Å². The predicted molar refractivity (Wildman–Crippen MR) is 149 cm³/mol. The fraction of sp³-hybridized carbons (Fsp3) is 0.586. The molecule has 3 aliphatic carbocycles. The van der Waals surface area contributed by atoms with Crippen molar-refractivity contribution in [2.45, 2.75) is 67.9 Å². The molecule has 32 heavy (non-hydrogen) atoms. The molecule has 2 aromatic rings. The van der Waals surface area contributed by atoms with Crippen LogP contribution in [0.2, 0.25) is 0 Å². The summed E-state index contributed by atoms with van der Waals surface area (Å²) in [6.07, 6.45) is 2.82. The van der Waals surface area contributed by atoms with Gasteiger partial charge in [-0.25, -0.2) is 0 Å². The minimum absolute atomic E-state index is 0. The van der Waals surface area contributed by atoms with E-state index in [1.807, 2.05) is 0 Å². The lowest BCUT2D eigenvalue weighted by Crippen LogP contribution is -2.60. The SMILES string of the molecule is C.C.C.C[C@@H]1C2C[C@@H](C[C@H]1NCCNCC(c1ccccc1)c1ccccc1)C2(C)C.S. The molecule has 0 aliphatic heterocycles. The maximum Gasteiger partial charge on any atom is 0.0214 e. The van der Waals surface area contributed by atoms with E-state index in [9.17, 15) is 0 Å². The van der Waals surface area contributed by atoms with E-state index >= 15 is 0 Å². The van der Waals surface area contributed by atoms with Crippen LogP contribution in [-0.2, 0) is 0 Å². The molecule has 0 heterocycles. The second-order valence-electron chi connectivity index (χ2n) is 9.59. The Balaban J connectivity index is 0.00000240. The molecule has 3 heteroatoms. The van der Waals surface area contributed by atoms with E-state index in [2.05, 4.69) is 92.1 Å². The molecule has 3 aliphatic rings. The summed E-state index contributed by atoms with van der Waals surface area (Å²) in [5, 5.41) is 7.57. The van der Waals surface area contributed by atoms with Crippen LogP contribution in [0.5, 0.6) is 0 Å². The first kappa shape index (κ1) is 30.7. The van der Waals surface area contributed by atoms with Gasteiger partial charge in [0.2, 0.25) is 0 Å². The van der Waals surface area contributed by atoms with Gasteiger partial charge in [-0.1, -0.05) is 104 Å². The van der Waals surface area contributed by atoms with E-state index in [0.29, 0.717) is 17.4 Å². The van der Waals surface area contributed by atoms with Crippen molar-refractivity contribution < 1.29 is 0 Å². The third-order valence-electron chi connectivity index (χ3n) is 7.81. The van der Waals surface area contributed by atoms with E-state index < -0.39 is 0 Å². The van der Waals surface area contributed by atoms with Crippen molar-refractivity contribution in [1.29, 1.82) is 0 Å². The van der Waals surface area contributed by atoms with Crippen LogP contribution in [-0.4, -0.2) is 25.7 Å². The first-order chi connectivity index (χ1) is 13.6.